The minimum atomic E-state index is -0.764. The van der Waals surface area contributed by atoms with Gasteiger partial charge in [0.1, 0.15) is 17.3 Å². The third kappa shape index (κ3) is 3.22. The van der Waals surface area contributed by atoms with Crippen molar-refractivity contribution in [2.75, 3.05) is 26.2 Å². The Morgan fingerprint density at radius 2 is 1.62 bits per heavy atom. The smallest absolute Gasteiger partial charge is 0.274 e. The molecule has 0 spiro atoms. The number of halogens is 2. The van der Waals surface area contributed by atoms with Crippen molar-refractivity contribution in [1.82, 2.24) is 19.8 Å². The number of nitrogens with zero attached hydrogens (tertiary/aromatic N) is 4. The van der Waals surface area contributed by atoms with Gasteiger partial charge in [0.25, 0.3) is 11.8 Å². The SMILES string of the molecule is O=C(c1cnccn1)N1CCN(C(=O)c2cc(F)ccc2F)CC1. The number of aromatic nitrogens is 2. The fraction of sp³-hybridized carbons (Fsp3) is 0.250. The van der Waals surface area contributed by atoms with Crippen molar-refractivity contribution in [2.24, 2.45) is 0 Å². The maximum atomic E-state index is 13.7. The van der Waals surface area contributed by atoms with E-state index in [1.165, 1.54) is 23.5 Å². The first-order chi connectivity index (χ1) is 11.6. The summed E-state index contributed by atoms with van der Waals surface area (Å²) in [6.45, 7) is 1.05. The van der Waals surface area contributed by atoms with Crippen LogP contribution in [0.3, 0.4) is 0 Å². The quantitative estimate of drug-likeness (QED) is 0.833. The Morgan fingerprint density at radius 3 is 2.25 bits per heavy atom. The van der Waals surface area contributed by atoms with Gasteiger partial charge in [-0.3, -0.25) is 14.6 Å². The molecule has 2 aromatic rings. The third-order valence-corrected chi connectivity index (χ3v) is 3.80. The molecule has 0 saturated carbocycles. The molecule has 1 saturated heterocycles. The van der Waals surface area contributed by atoms with Crippen LogP contribution < -0.4 is 0 Å². The highest BCUT2D eigenvalue weighted by Crippen LogP contribution is 2.15. The minimum Gasteiger partial charge on any atom is -0.335 e. The summed E-state index contributed by atoms with van der Waals surface area (Å²) in [5.41, 5.74) is -0.0721. The lowest BCUT2D eigenvalue weighted by Gasteiger charge is -2.34. The van der Waals surface area contributed by atoms with E-state index < -0.39 is 17.5 Å². The highest BCUT2D eigenvalue weighted by Gasteiger charge is 2.27. The van der Waals surface area contributed by atoms with Crippen molar-refractivity contribution in [2.45, 2.75) is 0 Å². The molecule has 2 amide bonds. The summed E-state index contributed by atoms with van der Waals surface area (Å²) in [7, 11) is 0. The van der Waals surface area contributed by atoms with Crippen LogP contribution in [0.15, 0.2) is 36.8 Å². The van der Waals surface area contributed by atoms with Gasteiger partial charge < -0.3 is 9.80 Å². The Hall–Kier alpha value is -2.90. The van der Waals surface area contributed by atoms with E-state index in [2.05, 4.69) is 9.97 Å². The zero-order valence-corrected chi connectivity index (χ0v) is 12.7. The summed E-state index contributed by atoms with van der Waals surface area (Å²) >= 11 is 0. The molecule has 1 aliphatic heterocycles. The molecule has 0 radical (unpaired) electrons. The van der Waals surface area contributed by atoms with Crippen LogP contribution in [0.4, 0.5) is 8.78 Å². The van der Waals surface area contributed by atoms with Crippen LogP contribution in [0.25, 0.3) is 0 Å². The summed E-state index contributed by atoms with van der Waals surface area (Å²) < 4.78 is 26.9. The van der Waals surface area contributed by atoms with Gasteiger partial charge in [0, 0.05) is 38.6 Å². The van der Waals surface area contributed by atoms with Gasteiger partial charge in [0.15, 0.2) is 0 Å². The number of amides is 2. The van der Waals surface area contributed by atoms with Crippen LogP contribution >= 0.6 is 0 Å². The number of hydrogen-bond acceptors (Lipinski definition) is 4. The molecule has 8 heteroatoms. The van der Waals surface area contributed by atoms with Gasteiger partial charge in [0.05, 0.1) is 11.8 Å². The largest absolute Gasteiger partial charge is 0.335 e. The van der Waals surface area contributed by atoms with Gasteiger partial charge in [0.2, 0.25) is 0 Å². The average molecular weight is 332 g/mol. The topological polar surface area (TPSA) is 66.4 Å². The van der Waals surface area contributed by atoms with E-state index in [1.807, 2.05) is 0 Å². The zero-order valence-electron chi connectivity index (χ0n) is 12.7. The monoisotopic (exact) mass is 332 g/mol. The van der Waals surface area contributed by atoms with E-state index in [4.69, 9.17) is 0 Å². The second kappa shape index (κ2) is 6.69. The lowest BCUT2D eigenvalue weighted by molar-refractivity contribution is 0.0529. The van der Waals surface area contributed by atoms with Gasteiger partial charge in [-0.2, -0.15) is 0 Å². The van der Waals surface area contributed by atoms with E-state index in [9.17, 15) is 18.4 Å². The van der Waals surface area contributed by atoms with Crippen molar-refractivity contribution in [1.29, 1.82) is 0 Å². The van der Waals surface area contributed by atoms with Crippen LogP contribution in [0, 0.1) is 11.6 Å². The van der Waals surface area contributed by atoms with E-state index in [0.717, 1.165) is 18.2 Å². The predicted octanol–water partition coefficient (Wildman–Crippen LogP) is 1.35. The number of carbonyl (C=O) groups excluding carboxylic acids is 2. The molecule has 124 valence electrons. The van der Waals surface area contributed by atoms with Crippen molar-refractivity contribution in [3.8, 4) is 0 Å². The molecule has 0 aliphatic carbocycles. The Kier molecular flexibility index (Phi) is 4.45. The maximum absolute atomic E-state index is 13.7. The molecule has 6 nitrogen and oxygen atoms in total. The molecule has 1 fully saturated rings. The van der Waals surface area contributed by atoms with Crippen molar-refractivity contribution in [3.63, 3.8) is 0 Å². The first-order valence-electron chi connectivity index (χ1n) is 7.36. The summed E-state index contributed by atoms with van der Waals surface area (Å²) in [6, 6.07) is 2.77. The summed E-state index contributed by atoms with van der Waals surface area (Å²) in [5, 5.41) is 0. The molecule has 3 rings (SSSR count). The lowest BCUT2D eigenvalue weighted by Crippen LogP contribution is -2.50. The van der Waals surface area contributed by atoms with E-state index in [0.29, 0.717) is 0 Å². The third-order valence-electron chi connectivity index (χ3n) is 3.80. The van der Waals surface area contributed by atoms with E-state index in [-0.39, 0.29) is 43.3 Å². The summed E-state index contributed by atoms with van der Waals surface area (Å²) in [5.74, 6) is -2.29. The molecule has 1 aromatic carbocycles. The zero-order chi connectivity index (χ0) is 17.1. The fourth-order valence-corrected chi connectivity index (χ4v) is 2.52. The van der Waals surface area contributed by atoms with Gasteiger partial charge >= 0.3 is 0 Å². The molecule has 1 aliphatic rings. The van der Waals surface area contributed by atoms with Crippen molar-refractivity contribution < 1.29 is 18.4 Å². The van der Waals surface area contributed by atoms with Crippen LogP contribution in [-0.4, -0.2) is 57.8 Å². The van der Waals surface area contributed by atoms with E-state index in [1.54, 1.807) is 4.90 Å². The molecule has 0 unspecified atom stereocenters. The Bertz CT molecular complexity index is 762. The number of rotatable bonds is 2. The minimum absolute atomic E-state index is 0.230. The van der Waals surface area contributed by atoms with Crippen LogP contribution in [0.2, 0.25) is 0 Å². The molecular formula is C16H14F2N4O2. The highest BCUT2D eigenvalue weighted by molar-refractivity contribution is 5.95. The lowest BCUT2D eigenvalue weighted by atomic mass is 10.1. The van der Waals surface area contributed by atoms with Crippen LogP contribution in [0.1, 0.15) is 20.8 Å². The number of hydrogen-bond donors (Lipinski definition) is 0. The Balaban J connectivity index is 1.66. The first-order valence-corrected chi connectivity index (χ1v) is 7.36. The summed E-state index contributed by atoms with van der Waals surface area (Å²) in [4.78, 5) is 35.3. The Labute approximate surface area is 136 Å². The second-order valence-electron chi connectivity index (χ2n) is 5.30. The van der Waals surface area contributed by atoms with Gasteiger partial charge in [-0.25, -0.2) is 13.8 Å². The number of benzene rings is 1. The van der Waals surface area contributed by atoms with Gasteiger partial charge in [-0.1, -0.05) is 0 Å². The molecule has 0 N–H and O–H groups in total. The average Bonchev–Trinajstić information content (AvgIpc) is 2.63. The molecule has 2 heterocycles. The maximum Gasteiger partial charge on any atom is 0.274 e. The Morgan fingerprint density at radius 1 is 0.958 bits per heavy atom. The van der Waals surface area contributed by atoms with E-state index >= 15 is 0 Å². The normalized spacial score (nSPS) is 14.6. The highest BCUT2D eigenvalue weighted by atomic mass is 19.1. The van der Waals surface area contributed by atoms with Crippen molar-refractivity contribution >= 4 is 11.8 Å². The molecule has 0 atom stereocenters. The number of carbonyl (C=O) groups is 2. The fourth-order valence-electron chi connectivity index (χ4n) is 2.52. The molecule has 24 heavy (non-hydrogen) atoms. The second-order valence-corrected chi connectivity index (χ2v) is 5.30. The molecule has 0 bridgehead atoms. The van der Waals surface area contributed by atoms with Crippen LogP contribution in [0.5, 0.6) is 0 Å². The molecule has 1 aromatic heterocycles. The first kappa shape index (κ1) is 16.0. The van der Waals surface area contributed by atoms with Crippen molar-refractivity contribution in [3.05, 3.63) is 59.7 Å². The predicted molar refractivity (Wildman–Crippen MR) is 80.2 cm³/mol. The van der Waals surface area contributed by atoms with Crippen LogP contribution in [-0.2, 0) is 0 Å². The van der Waals surface area contributed by atoms with Gasteiger partial charge in [-0.05, 0) is 18.2 Å². The summed E-state index contributed by atoms with van der Waals surface area (Å²) in [6.07, 6.45) is 4.28. The van der Waals surface area contributed by atoms with Gasteiger partial charge in [-0.15, -0.1) is 0 Å². The standard InChI is InChI=1S/C16H14F2N4O2/c17-11-1-2-13(18)12(9-11)15(23)21-5-7-22(8-6-21)16(24)14-10-19-3-4-20-14/h1-4,9-10H,5-8H2. The number of piperazine rings is 1. The molecular weight excluding hydrogens is 318 g/mol.